The molecule has 7 heteroatoms. The Hall–Kier alpha value is -2.09. The summed E-state index contributed by atoms with van der Waals surface area (Å²) in [6.45, 7) is 0. The van der Waals surface area contributed by atoms with Crippen molar-refractivity contribution in [2.45, 2.75) is 12.5 Å². The van der Waals surface area contributed by atoms with Gasteiger partial charge in [-0.05, 0) is 11.6 Å². The molecule has 18 heavy (non-hydrogen) atoms. The highest BCUT2D eigenvalue weighted by Crippen LogP contribution is 2.22. The van der Waals surface area contributed by atoms with Crippen LogP contribution >= 0.6 is 0 Å². The summed E-state index contributed by atoms with van der Waals surface area (Å²) in [4.78, 5) is 10.9. The summed E-state index contributed by atoms with van der Waals surface area (Å²) < 4.78 is 0.878. The number of fused-ring (bicyclic) bond motifs is 1. The average molecular weight is 252 g/mol. The summed E-state index contributed by atoms with van der Waals surface area (Å²) in [5.41, 5.74) is 1.03. The lowest BCUT2D eigenvalue weighted by atomic mass is 10.1. The number of carboxylic acid groups (broad SMARTS) is 1. The first-order valence-corrected chi connectivity index (χ1v) is 5.18. The van der Waals surface area contributed by atoms with Gasteiger partial charge in [0, 0.05) is 18.0 Å². The minimum atomic E-state index is -1.49. The summed E-state index contributed by atoms with van der Waals surface area (Å²) in [6.07, 6.45) is 1.21. The van der Waals surface area contributed by atoms with Gasteiger partial charge in [-0.15, -0.1) is 0 Å². The van der Waals surface area contributed by atoms with Crippen molar-refractivity contribution in [3.05, 3.63) is 36.0 Å². The molecular formula is C11H12N2O5. The van der Waals surface area contributed by atoms with Gasteiger partial charge in [0.05, 0.1) is 5.52 Å². The second-order valence-electron chi connectivity index (χ2n) is 3.89. The van der Waals surface area contributed by atoms with E-state index in [1.807, 2.05) is 0 Å². The van der Waals surface area contributed by atoms with E-state index in [-0.39, 0.29) is 11.6 Å². The summed E-state index contributed by atoms with van der Waals surface area (Å²) in [7, 11) is 0. The van der Waals surface area contributed by atoms with Gasteiger partial charge in [0.1, 0.15) is 0 Å². The molecule has 0 aliphatic heterocycles. The van der Waals surface area contributed by atoms with Crippen LogP contribution in [0.3, 0.4) is 0 Å². The van der Waals surface area contributed by atoms with Crippen LogP contribution in [0.5, 0.6) is 0 Å². The first-order chi connectivity index (χ1) is 8.50. The van der Waals surface area contributed by atoms with Crippen LogP contribution < -0.4 is 0 Å². The molecule has 1 aromatic carbocycles. The number of carboxylic acids is 1. The van der Waals surface area contributed by atoms with E-state index in [4.69, 9.17) is 15.5 Å². The number of aromatic nitrogens is 1. The second kappa shape index (κ2) is 4.65. The Bertz CT molecular complexity index is 578. The number of rotatable bonds is 4. The van der Waals surface area contributed by atoms with E-state index in [1.54, 1.807) is 24.3 Å². The lowest BCUT2D eigenvalue weighted by Crippen LogP contribution is -2.38. The molecule has 0 amide bonds. The molecule has 1 atom stereocenters. The average Bonchev–Trinajstić information content (AvgIpc) is 2.63. The van der Waals surface area contributed by atoms with Crippen LogP contribution in [0.4, 0.5) is 0 Å². The molecule has 0 spiro atoms. The Balaban J connectivity index is 2.40. The number of hydrogen-bond acceptors (Lipinski definition) is 5. The quantitative estimate of drug-likeness (QED) is 0.477. The van der Waals surface area contributed by atoms with Crippen LogP contribution in [-0.2, 0) is 11.2 Å². The molecule has 2 aromatic rings. The van der Waals surface area contributed by atoms with Gasteiger partial charge in [-0.25, -0.2) is 0 Å². The van der Waals surface area contributed by atoms with Crippen LogP contribution in [0, 0.1) is 0 Å². The third kappa shape index (κ3) is 2.14. The van der Waals surface area contributed by atoms with Crippen LogP contribution in [0.1, 0.15) is 5.56 Å². The second-order valence-corrected chi connectivity index (χ2v) is 3.89. The minimum Gasteiger partial charge on any atom is -0.480 e. The van der Waals surface area contributed by atoms with E-state index in [0.717, 1.165) is 4.73 Å². The Kier molecular flexibility index (Phi) is 3.19. The predicted octanol–water partition coefficient (Wildman–Crippen LogP) is 0.955. The monoisotopic (exact) mass is 252 g/mol. The SMILES string of the molecule is O=C(O)C(Cc1cn(O)c2ccccc12)N(O)O. The highest BCUT2D eigenvalue weighted by Gasteiger charge is 2.25. The fourth-order valence-electron chi connectivity index (χ4n) is 1.87. The molecule has 0 saturated heterocycles. The predicted molar refractivity (Wildman–Crippen MR) is 59.7 cm³/mol. The van der Waals surface area contributed by atoms with Crippen molar-refractivity contribution in [1.29, 1.82) is 0 Å². The highest BCUT2D eigenvalue weighted by molar-refractivity contribution is 5.84. The number of benzene rings is 1. The summed E-state index contributed by atoms with van der Waals surface area (Å²) in [6, 6.07) is 5.38. The zero-order chi connectivity index (χ0) is 13.3. The Morgan fingerprint density at radius 1 is 1.33 bits per heavy atom. The van der Waals surface area contributed by atoms with Crippen LogP contribution in [-0.4, -0.2) is 42.7 Å². The van der Waals surface area contributed by atoms with Crippen molar-refractivity contribution in [1.82, 2.24) is 9.96 Å². The van der Waals surface area contributed by atoms with Gasteiger partial charge in [0.25, 0.3) is 0 Å². The van der Waals surface area contributed by atoms with E-state index in [2.05, 4.69) is 0 Å². The number of hydrogen-bond donors (Lipinski definition) is 4. The van der Waals surface area contributed by atoms with Crippen LogP contribution in [0.15, 0.2) is 30.5 Å². The third-order valence-corrected chi connectivity index (χ3v) is 2.75. The number of carbonyl (C=O) groups is 1. The molecule has 4 N–H and O–H groups in total. The molecule has 0 radical (unpaired) electrons. The Labute approximate surface area is 102 Å². The van der Waals surface area contributed by atoms with Crippen molar-refractivity contribution in [3.63, 3.8) is 0 Å². The molecular weight excluding hydrogens is 240 g/mol. The molecule has 1 aromatic heterocycles. The van der Waals surface area contributed by atoms with Crippen molar-refractivity contribution in [3.8, 4) is 0 Å². The van der Waals surface area contributed by atoms with Gasteiger partial charge in [0.2, 0.25) is 0 Å². The Morgan fingerprint density at radius 2 is 2.00 bits per heavy atom. The first kappa shape index (κ1) is 12.4. The summed E-state index contributed by atoms with van der Waals surface area (Å²) in [5, 5.41) is 36.5. The third-order valence-electron chi connectivity index (χ3n) is 2.75. The Morgan fingerprint density at radius 3 is 2.61 bits per heavy atom. The van der Waals surface area contributed by atoms with E-state index < -0.39 is 12.0 Å². The summed E-state index contributed by atoms with van der Waals surface area (Å²) >= 11 is 0. The lowest BCUT2D eigenvalue weighted by Gasteiger charge is -2.15. The molecule has 0 fully saturated rings. The molecule has 0 aliphatic carbocycles. The van der Waals surface area contributed by atoms with E-state index >= 15 is 0 Å². The molecule has 0 bridgehead atoms. The molecule has 0 saturated carbocycles. The number of para-hydroxylation sites is 1. The normalized spacial score (nSPS) is 13.1. The number of aliphatic carboxylic acids is 1. The van der Waals surface area contributed by atoms with E-state index in [9.17, 15) is 10.0 Å². The van der Waals surface area contributed by atoms with Crippen LogP contribution in [0.2, 0.25) is 0 Å². The molecule has 1 unspecified atom stereocenters. The molecule has 2 rings (SSSR count). The zero-order valence-corrected chi connectivity index (χ0v) is 9.26. The van der Waals surface area contributed by atoms with Crippen molar-refractivity contribution in [2.24, 2.45) is 0 Å². The topological polar surface area (TPSA) is 106 Å². The maximum absolute atomic E-state index is 10.9. The van der Waals surface area contributed by atoms with Crippen molar-refractivity contribution in [2.75, 3.05) is 0 Å². The smallest absolute Gasteiger partial charge is 0.326 e. The summed E-state index contributed by atoms with van der Waals surface area (Å²) in [5.74, 6) is -1.37. The van der Waals surface area contributed by atoms with Gasteiger partial charge in [-0.2, -0.15) is 4.73 Å². The van der Waals surface area contributed by atoms with E-state index in [1.165, 1.54) is 6.20 Å². The highest BCUT2D eigenvalue weighted by atomic mass is 16.8. The first-order valence-electron chi connectivity index (χ1n) is 5.18. The zero-order valence-electron chi connectivity index (χ0n) is 9.26. The standard InChI is InChI=1S/C11H12N2O5/c14-11(15)10(13(17)18)5-7-6-12(16)9-4-2-1-3-8(7)9/h1-4,6,10,16-18H,5H2,(H,14,15). The minimum absolute atomic E-state index is 0.142. The molecule has 0 aliphatic rings. The van der Waals surface area contributed by atoms with E-state index in [0.29, 0.717) is 16.5 Å². The maximum atomic E-state index is 10.9. The molecule has 96 valence electrons. The van der Waals surface area contributed by atoms with Gasteiger partial charge in [-0.1, -0.05) is 23.4 Å². The van der Waals surface area contributed by atoms with Crippen molar-refractivity contribution < 1.29 is 25.5 Å². The number of hydroxylamine groups is 2. The van der Waals surface area contributed by atoms with Crippen molar-refractivity contribution >= 4 is 16.9 Å². The fourth-order valence-corrected chi connectivity index (χ4v) is 1.87. The van der Waals surface area contributed by atoms with Gasteiger partial charge in [-0.3, -0.25) is 15.2 Å². The number of nitrogens with zero attached hydrogens (tertiary/aromatic N) is 2. The van der Waals surface area contributed by atoms with Gasteiger partial charge < -0.3 is 10.3 Å². The maximum Gasteiger partial charge on any atom is 0.326 e. The van der Waals surface area contributed by atoms with Crippen LogP contribution in [0.25, 0.3) is 10.9 Å². The fraction of sp³-hybridized carbons (Fsp3) is 0.182. The largest absolute Gasteiger partial charge is 0.480 e. The van der Waals surface area contributed by atoms with Gasteiger partial charge >= 0.3 is 5.97 Å². The molecule has 1 heterocycles. The van der Waals surface area contributed by atoms with Gasteiger partial charge in [0.15, 0.2) is 6.04 Å². The molecule has 7 nitrogen and oxygen atoms in total. The lowest BCUT2D eigenvalue weighted by molar-refractivity contribution is -0.327.